The molecule has 0 aliphatic rings. The van der Waals surface area contributed by atoms with Crippen LogP contribution < -0.4 is 10.1 Å². The van der Waals surface area contributed by atoms with Gasteiger partial charge in [0.2, 0.25) is 0 Å². The van der Waals surface area contributed by atoms with Crippen LogP contribution in [0.1, 0.15) is 50.9 Å². The van der Waals surface area contributed by atoms with Crippen LogP contribution in [0.2, 0.25) is 0 Å². The molecule has 1 aromatic carbocycles. The van der Waals surface area contributed by atoms with Crippen LogP contribution in [0, 0.1) is 6.92 Å². The minimum atomic E-state index is -0.514. The minimum absolute atomic E-state index is 0.197. The second-order valence-electron chi connectivity index (χ2n) is 6.63. The number of rotatable bonds is 7. The first-order chi connectivity index (χ1) is 14.4. The second kappa shape index (κ2) is 9.21. The molecule has 30 heavy (non-hydrogen) atoms. The number of hydrogen-bond donors (Lipinski definition) is 1. The highest BCUT2D eigenvalue weighted by atomic mass is 16.5. The standard InChI is InChI=1S/C22H24N4O4/c1-5-30-22(28)17-9-10-18(24-14(17)2)21(27)25-19(20-23-11-12-26(20)3)15-7-6-8-16(13-15)29-4/h6-13,19H,5H2,1-4H3,(H,25,27). The summed E-state index contributed by atoms with van der Waals surface area (Å²) >= 11 is 0. The minimum Gasteiger partial charge on any atom is -0.497 e. The van der Waals surface area contributed by atoms with Crippen LogP contribution in [0.4, 0.5) is 0 Å². The molecule has 1 atom stereocenters. The first-order valence-corrected chi connectivity index (χ1v) is 9.51. The van der Waals surface area contributed by atoms with Gasteiger partial charge >= 0.3 is 5.97 Å². The summed E-state index contributed by atoms with van der Waals surface area (Å²) in [7, 11) is 3.45. The van der Waals surface area contributed by atoms with E-state index in [2.05, 4.69) is 15.3 Å². The molecule has 1 N–H and O–H groups in total. The highest BCUT2D eigenvalue weighted by Crippen LogP contribution is 2.24. The third-order valence-electron chi connectivity index (χ3n) is 4.63. The molecule has 0 bridgehead atoms. The van der Waals surface area contributed by atoms with E-state index in [0.29, 0.717) is 22.8 Å². The molecule has 0 spiro atoms. The van der Waals surface area contributed by atoms with Crippen LogP contribution in [0.3, 0.4) is 0 Å². The molecule has 156 valence electrons. The molecule has 2 aromatic heterocycles. The summed E-state index contributed by atoms with van der Waals surface area (Å²) in [5.74, 6) is 0.492. The molecular weight excluding hydrogens is 384 g/mol. The van der Waals surface area contributed by atoms with Gasteiger partial charge in [-0.2, -0.15) is 0 Å². The van der Waals surface area contributed by atoms with Crippen molar-refractivity contribution in [1.82, 2.24) is 19.9 Å². The maximum atomic E-state index is 13.0. The third kappa shape index (κ3) is 4.48. The Morgan fingerprint density at radius 1 is 1.23 bits per heavy atom. The predicted molar refractivity (Wildman–Crippen MR) is 110 cm³/mol. The van der Waals surface area contributed by atoms with Crippen molar-refractivity contribution in [2.75, 3.05) is 13.7 Å². The number of aromatic nitrogens is 3. The van der Waals surface area contributed by atoms with Gasteiger partial charge < -0.3 is 19.4 Å². The van der Waals surface area contributed by atoms with E-state index in [1.165, 1.54) is 6.07 Å². The SMILES string of the molecule is CCOC(=O)c1ccc(C(=O)NC(c2cccc(OC)c2)c2nccn2C)nc1C. The number of amides is 1. The summed E-state index contributed by atoms with van der Waals surface area (Å²) in [5, 5.41) is 2.99. The van der Waals surface area contributed by atoms with Gasteiger partial charge in [-0.1, -0.05) is 12.1 Å². The van der Waals surface area contributed by atoms with E-state index in [4.69, 9.17) is 9.47 Å². The fraction of sp³-hybridized carbons (Fsp3) is 0.273. The number of nitrogens with one attached hydrogen (secondary N) is 1. The number of carbonyl (C=O) groups is 2. The largest absolute Gasteiger partial charge is 0.497 e. The zero-order valence-electron chi connectivity index (χ0n) is 17.4. The molecule has 3 rings (SSSR count). The van der Waals surface area contributed by atoms with Crippen molar-refractivity contribution in [2.45, 2.75) is 19.9 Å². The monoisotopic (exact) mass is 408 g/mol. The smallest absolute Gasteiger partial charge is 0.339 e. The van der Waals surface area contributed by atoms with Crippen LogP contribution >= 0.6 is 0 Å². The molecule has 1 unspecified atom stereocenters. The molecule has 1 amide bonds. The summed E-state index contributed by atoms with van der Waals surface area (Å²) in [6.45, 7) is 3.67. The molecule has 8 nitrogen and oxygen atoms in total. The second-order valence-corrected chi connectivity index (χ2v) is 6.63. The van der Waals surface area contributed by atoms with E-state index in [-0.39, 0.29) is 18.2 Å². The van der Waals surface area contributed by atoms with Gasteiger partial charge in [0.1, 0.15) is 23.3 Å². The lowest BCUT2D eigenvalue weighted by Crippen LogP contribution is -2.32. The van der Waals surface area contributed by atoms with E-state index in [1.54, 1.807) is 33.2 Å². The Morgan fingerprint density at radius 3 is 2.67 bits per heavy atom. The summed E-state index contributed by atoms with van der Waals surface area (Å²) in [4.78, 5) is 33.7. The quantitative estimate of drug-likeness (QED) is 0.604. The van der Waals surface area contributed by atoms with Gasteiger partial charge in [0.25, 0.3) is 5.91 Å². The number of benzene rings is 1. The lowest BCUT2D eigenvalue weighted by molar-refractivity contribution is 0.0524. The molecule has 0 saturated carbocycles. The Balaban J connectivity index is 1.91. The maximum Gasteiger partial charge on any atom is 0.339 e. The number of imidazole rings is 1. The van der Waals surface area contributed by atoms with Crippen LogP contribution in [0.25, 0.3) is 0 Å². The number of nitrogens with zero attached hydrogens (tertiary/aromatic N) is 3. The first-order valence-electron chi connectivity index (χ1n) is 9.51. The molecule has 0 radical (unpaired) electrons. The Hall–Kier alpha value is -3.68. The zero-order chi connectivity index (χ0) is 21.7. The Morgan fingerprint density at radius 2 is 2.03 bits per heavy atom. The molecule has 0 aliphatic carbocycles. The van der Waals surface area contributed by atoms with Crippen molar-refractivity contribution < 1.29 is 19.1 Å². The molecule has 2 heterocycles. The summed E-state index contributed by atoms with van der Waals surface area (Å²) in [6.07, 6.45) is 3.48. The van der Waals surface area contributed by atoms with Gasteiger partial charge in [0.15, 0.2) is 0 Å². The Bertz CT molecular complexity index is 1060. The van der Waals surface area contributed by atoms with Crippen molar-refractivity contribution in [3.05, 3.63) is 77.1 Å². The van der Waals surface area contributed by atoms with Crippen molar-refractivity contribution in [3.8, 4) is 5.75 Å². The molecule has 0 saturated heterocycles. The van der Waals surface area contributed by atoms with E-state index < -0.39 is 12.0 Å². The number of esters is 1. The molecule has 8 heteroatoms. The van der Waals surface area contributed by atoms with Gasteiger partial charge in [0, 0.05) is 19.4 Å². The zero-order valence-corrected chi connectivity index (χ0v) is 17.4. The van der Waals surface area contributed by atoms with E-state index in [1.807, 2.05) is 42.1 Å². The number of hydrogen-bond acceptors (Lipinski definition) is 6. The fourth-order valence-corrected chi connectivity index (χ4v) is 3.09. The van der Waals surface area contributed by atoms with Crippen molar-refractivity contribution >= 4 is 11.9 Å². The molecular formula is C22H24N4O4. The highest BCUT2D eigenvalue weighted by Gasteiger charge is 2.23. The maximum absolute atomic E-state index is 13.0. The number of aryl methyl sites for hydroxylation is 2. The highest BCUT2D eigenvalue weighted by molar-refractivity contribution is 5.95. The van der Waals surface area contributed by atoms with E-state index >= 15 is 0 Å². The van der Waals surface area contributed by atoms with Crippen molar-refractivity contribution in [3.63, 3.8) is 0 Å². The predicted octanol–water partition coefficient (Wildman–Crippen LogP) is 2.83. The number of pyridine rings is 1. The van der Waals surface area contributed by atoms with Crippen LogP contribution in [-0.4, -0.2) is 40.1 Å². The van der Waals surface area contributed by atoms with Crippen molar-refractivity contribution in [2.24, 2.45) is 7.05 Å². The lowest BCUT2D eigenvalue weighted by atomic mass is 10.1. The van der Waals surface area contributed by atoms with E-state index in [0.717, 1.165) is 5.56 Å². The van der Waals surface area contributed by atoms with Gasteiger partial charge in [-0.15, -0.1) is 0 Å². The number of ether oxygens (including phenoxy) is 2. The Labute approximate surface area is 174 Å². The lowest BCUT2D eigenvalue weighted by Gasteiger charge is -2.20. The summed E-state index contributed by atoms with van der Waals surface area (Å²) in [5.41, 5.74) is 1.78. The van der Waals surface area contributed by atoms with Gasteiger partial charge in [-0.3, -0.25) is 4.79 Å². The number of carbonyl (C=O) groups excluding carboxylic acids is 2. The third-order valence-corrected chi connectivity index (χ3v) is 4.63. The average Bonchev–Trinajstić information content (AvgIpc) is 3.17. The van der Waals surface area contributed by atoms with Crippen LogP contribution in [0.5, 0.6) is 5.75 Å². The Kier molecular flexibility index (Phi) is 6.46. The van der Waals surface area contributed by atoms with Crippen molar-refractivity contribution in [1.29, 1.82) is 0 Å². The normalized spacial score (nSPS) is 11.6. The molecule has 3 aromatic rings. The van der Waals surface area contributed by atoms with Gasteiger partial charge in [-0.05, 0) is 43.7 Å². The summed E-state index contributed by atoms with van der Waals surface area (Å²) in [6, 6.07) is 9.98. The van der Waals surface area contributed by atoms with Crippen LogP contribution in [-0.2, 0) is 11.8 Å². The van der Waals surface area contributed by atoms with Gasteiger partial charge in [0.05, 0.1) is 25.0 Å². The summed E-state index contributed by atoms with van der Waals surface area (Å²) < 4.78 is 12.2. The fourth-order valence-electron chi connectivity index (χ4n) is 3.09. The van der Waals surface area contributed by atoms with Crippen LogP contribution in [0.15, 0.2) is 48.8 Å². The first kappa shape index (κ1) is 21.0. The van der Waals surface area contributed by atoms with E-state index in [9.17, 15) is 9.59 Å². The van der Waals surface area contributed by atoms with Gasteiger partial charge in [-0.25, -0.2) is 14.8 Å². The average molecular weight is 408 g/mol. The molecule has 0 fully saturated rings. The molecule has 0 aliphatic heterocycles. The number of methoxy groups -OCH3 is 1. The topological polar surface area (TPSA) is 95.3 Å².